The van der Waals surface area contributed by atoms with Gasteiger partial charge in [0.25, 0.3) is 0 Å². The number of thiazole rings is 1. The highest BCUT2D eigenvalue weighted by Gasteiger charge is 2.21. The Hall–Kier alpha value is -2.48. The van der Waals surface area contributed by atoms with E-state index in [0.29, 0.717) is 5.02 Å². The summed E-state index contributed by atoms with van der Waals surface area (Å²) in [5.41, 5.74) is 1.69. The van der Waals surface area contributed by atoms with Crippen LogP contribution in [0.5, 0.6) is 0 Å². The highest BCUT2D eigenvalue weighted by atomic mass is 35.5. The largest absolute Gasteiger partial charge is 0.342 e. The van der Waals surface area contributed by atoms with E-state index in [2.05, 4.69) is 15.3 Å². The molecule has 0 fully saturated rings. The number of hydrogen-bond acceptors (Lipinski definition) is 5. The predicted molar refractivity (Wildman–Crippen MR) is 114 cm³/mol. The van der Waals surface area contributed by atoms with Gasteiger partial charge in [-0.3, -0.25) is 4.79 Å². The lowest BCUT2D eigenvalue weighted by atomic mass is 10.1. The monoisotopic (exact) mass is 428 g/mol. The molecule has 3 aromatic heterocycles. The van der Waals surface area contributed by atoms with E-state index >= 15 is 0 Å². The van der Waals surface area contributed by atoms with Crippen LogP contribution in [0.4, 0.5) is 0 Å². The van der Waals surface area contributed by atoms with Gasteiger partial charge in [0.15, 0.2) is 0 Å². The number of halogens is 1. The third-order valence-corrected chi connectivity index (χ3v) is 6.43. The molecule has 4 rings (SSSR count). The second kappa shape index (κ2) is 8.26. The predicted octanol–water partition coefficient (Wildman–Crippen LogP) is 4.71. The molecule has 0 spiro atoms. The van der Waals surface area contributed by atoms with Crippen LogP contribution in [0.25, 0.3) is 9.88 Å². The van der Waals surface area contributed by atoms with Crippen molar-refractivity contribution in [1.82, 2.24) is 19.9 Å². The highest BCUT2D eigenvalue weighted by molar-refractivity contribution is 7.20. The molecule has 0 aliphatic carbocycles. The van der Waals surface area contributed by atoms with Gasteiger partial charge in [0.1, 0.15) is 16.9 Å². The number of nitrogens with one attached hydrogen (secondary N) is 1. The molecule has 28 heavy (non-hydrogen) atoms. The summed E-state index contributed by atoms with van der Waals surface area (Å²) in [7, 11) is 1.91. The fourth-order valence-corrected chi connectivity index (χ4v) is 4.65. The molecule has 1 aromatic carbocycles. The topological polar surface area (TPSA) is 59.8 Å². The molecule has 0 aliphatic rings. The fraction of sp³-hybridized carbons (Fsp3) is 0.150. The molecule has 142 valence electrons. The van der Waals surface area contributed by atoms with Crippen molar-refractivity contribution in [2.75, 3.05) is 0 Å². The average Bonchev–Trinajstić information content (AvgIpc) is 3.42. The lowest BCUT2D eigenvalue weighted by Gasteiger charge is -2.19. The summed E-state index contributed by atoms with van der Waals surface area (Å²) >= 11 is 9.21. The van der Waals surface area contributed by atoms with E-state index < -0.39 is 0 Å². The van der Waals surface area contributed by atoms with E-state index in [1.165, 1.54) is 0 Å². The van der Waals surface area contributed by atoms with E-state index in [4.69, 9.17) is 11.6 Å². The van der Waals surface area contributed by atoms with E-state index in [1.807, 2.05) is 65.0 Å². The maximum absolute atomic E-state index is 12.8. The van der Waals surface area contributed by atoms with Crippen LogP contribution < -0.4 is 5.32 Å². The SMILES string of the molecule is Cn1ccnc1[C@H](NC(=O)Cc1csc(-c2cccs2)n1)c1ccc(Cl)cc1. The molecular weight excluding hydrogens is 412 g/mol. The van der Waals surface area contributed by atoms with E-state index in [0.717, 1.165) is 27.0 Å². The van der Waals surface area contributed by atoms with Gasteiger partial charge >= 0.3 is 0 Å². The van der Waals surface area contributed by atoms with E-state index in [1.54, 1.807) is 28.9 Å². The maximum atomic E-state index is 12.8. The number of carbonyl (C=O) groups is 1. The van der Waals surface area contributed by atoms with Crippen LogP contribution in [0.1, 0.15) is 23.1 Å². The van der Waals surface area contributed by atoms with E-state index in [-0.39, 0.29) is 18.4 Å². The zero-order valence-electron chi connectivity index (χ0n) is 15.0. The summed E-state index contributed by atoms with van der Waals surface area (Å²) < 4.78 is 1.90. The molecule has 0 saturated heterocycles. The Labute approximate surface area is 175 Å². The van der Waals surface area contributed by atoms with Gasteiger partial charge in [-0.1, -0.05) is 29.8 Å². The molecule has 8 heteroatoms. The first-order valence-electron chi connectivity index (χ1n) is 8.60. The summed E-state index contributed by atoms with van der Waals surface area (Å²) in [5, 5.41) is 8.64. The molecule has 4 aromatic rings. The van der Waals surface area contributed by atoms with Gasteiger partial charge < -0.3 is 9.88 Å². The Kier molecular flexibility index (Phi) is 5.57. The third kappa shape index (κ3) is 4.16. The first kappa shape index (κ1) is 18.9. The third-order valence-electron chi connectivity index (χ3n) is 4.25. The number of aromatic nitrogens is 3. The van der Waals surface area contributed by atoms with Crippen molar-refractivity contribution >= 4 is 40.2 Å². The Morgan fingerprint density at radius 3 is 2.75 bits per heavy atom. The Morgan fingerprint density at radius 2 is 2.07 bits per heavy atom. The minimum atomic E-state index is -0.361. The molecule has 0 unspecified atom stereocenters. The van der Waals surface area contributed by atoms with Crippen LogP contribution in [0.3, 0.4) is 0 Å². The lowest BCUT2D eigenvalue weighted by molar-refractivity contribution is -0.121. The number of benzene rings is 1. The lowest BCUT2D eigenvalue weighted by Crippen LogP contribution is -2.32. The van der Waals surface area contributed by atoms with Crippen molar-refractivity contribution in [3.05, 3.63) is 81.7 Å². The summed E-state index contributed by atoms with van der Waals surface area (Å²) in [6.45, 7) is 0. The molecule has 1 atom stereocenters. The average molecular weight is 429 g/mol. The summed E-state index contributed by atoms with van der Waals surface area (Å²) in [6, 6.07) is 11.1. The first-order valence-corrected chi connectivity index (χ1v) is 10.7. The standard InChI is InChI=1S/C20H17ClN4OS2/c1-25-9-8-22-19(25)18(13-4-6-14(21)7-5-13)24-17(26)11-15-12-28-20(23-15)16-3-2-10-27-16/h2-10,12,18H,11H2,1H3,(H,24,26)/t18-/m1/s1. The zero-order chi connectivity index (χ0) is 19.5. The van der Waals surface area contributed by atoms with Gasteiger partial charge in [-0.15, -0.1) is 22.7 Å². The summed E-state index contributed by atoms with van der Waals surface area (Å²) in [5.74, 6) is 0.652. The summed E-state index contributed by atoms with van der Waals surface area (Å²) in [6.07, 6.45) is 3.80. The molecule has 3 heterocycles. The zero-order valence-corrected chi connectivity index (χ0v) is 17.4. The van der Waals surface area contributed by atoms with Gasteiger partial charge in [-0.2, -0.15) is 0 Å². The Bertz CT molecular complexity index is 1070. The van der Waals surface area contributed by atoms with Gasteiger partial charge in [-0.05, 0) is 29.1 Å². The van der Waals surface area contributed by atoms with Crippen LogP contribution in [0.15, 0.2) is 59.6 Å². The van der Waals surface area contributed by atoms with Crippen molar-refractivity contribution in [2.45, 2.75) is 12.5 Å². The minimum Gasteiger partial charge on any atom is -0.342 e. The molecule has 0 saturated carbocycles. The van der Waals surface area contributed by atoms with Crippen molar-refractivity contribution in [3.63, 3.8) is 0 Å². The number of aryl methyl sites for hydroxylation is 1. The van der Waals surface area contributed by atoms with Gasteiger partial charge in [-0.25, -0.2) is 9.97 Å². The second-order valence-electron chi connectivity index (χ2n) is 6.25. The maximum Gasteiger partial charge on any atom is 0.226 e. The van der Waals surface area contributed by atoms with Crippen LogP contribution in [0, 0.1) is 0 Å². The van der Waals surface area contributed by atoms with Crippen LogP contribution in [-0.4, -0.2) is 20.4 Å². The number of amides is 1. The normalized spacial score (nSPS) is 12.1. The number of imidazole rings is 1. The number of thiophene rings is 1. The molecule has 1 N–H and O–H groups in total. The quantitative estimate of drug-likeness (QED) is 0.484. The number of rotatable bonds is 6. The highest BCUT2D eigenvalue weighted by Crippen LogP contribution is 2.28. The molecule has 0 radical (unpaired) electrons. The van der Waals surface area contributed by atoms with Crippen LogP contribution in [-0.2, 0) is 18.3 Å². The van der Waals surface area contributed by atoms with E-state index in [9.17, 15) is 4.79 Å². The minimum absolute atomic E-state index is 0.106. The Balaban J connectivity index is 1.52. The number of nitrogens with zero attached hydrogens (tertiary/aromatic N) is 3. The Morgan fingerprint density at radius 1 is 1.25 bits per heavy atom. The van der Waals surface area contributed by atoms with Gasteiger partial charge in [0, 0.05) is 29.8 Å². The molecule has 0 aliphatic heterocycles. The van der Waals surface area contributed by atoms with Crippen molar-refractivity contribution in [2.24, 2.45) is 7.05 Å². The van der Waals surface area contributed by atoms with Crippen molar-refractivity contribution in [3.8, 4) is 9.88 Å². The number of hydrogen-bond donors (Lipinski definition) is 1. The summed E-state index contributed by atoms with van der Waals surface area (Å²) in [4.78, 5) is 22.9. The van der Waals surface area contributed by atoms with Gasteiger partial charge in [0.05, 0.1) is 17.0 Å². The van der Waals surface area contributed by atoms with Crippen LogP contribution >= 0.6 is 34.3 Å². The molecule has 1 amide bonds. The van der Waals surface area contributed by atoms with Crippen molar-refractivity contribution in [1.29, 1.82) is 0 Å². The molecule has 5 nitrogen and oxygen atoms in total. The molecule has 0 bridgehead atoms. The van der Waals surface area contributed by atoms with Crippen LogP contribution in [0.2, 0.25) is 5.02 Å². The smallest absolute Gasteiger partial charge is 0.226 e. The van der Waals surface area contributed by atoms with Gasteiger partial charge in [0.2, 0.25) is 5.91 Å². The first-order chi connectivity index (χ1) is 13.6. The van der Waals surface area contributed by atoms with Crippen molar-refractivity contribution < 1.29 is 4.79 Å². The molecular formula is C20H17ClN4OS2. The fourth-order valence-electron chi connectivity index (χ4n) is 2.89. The number of carbonyl (C=O) groups excluding carboxylic acids is 1. The second-order valence-corrected chi connectivity index (χ2v) is 8.49.